The summed E-state index contributed by atoms with van der Waals surface area (Å²) in [5.74, 6) is 0.894. The van der Waals surface area contributed by atoms with E-state index in [1.165, 1.54) is 38.5 Å². The van der Waals surface area contributed by atoms with E-state index in [0.29, 0.717) is 6.04 Å². The van der Waals surface area contributed by atoms with Crippen molar-refractivity contribution >= 4 is 6.01 Å². The average molecular weight is 247 g/mol. The third-order valence-corrected chi connectivity index (χ3v) is 4.07. The van der Waals surface area contributed by atoms with Gasteiger partial charge in [-0.3, -0.25) is 0 Å². The van der Waals surface area contributed by atoms with Gasteiger partial charge in [0.25, 0.3) is 6.01 Å². The molecule has 0 spiro atoms. The summed E-state index contributed by atoms with van der Waals surface area (Å²) >= 11 is 0. The Morgan fingerprint density at radius 2 is 2.06 bits per heavy atom. The van der Waals surface area contributed by atoms with E-state index in [4.69, 9.17) is 4.42 Å². The molecule has 4 nitrogen and oxygen atoms in total. The Bertz CT molecular complexity index is 418. The van der Waals surface area contributed by atoms with E-state index in [-0.39, 0.29) is 0 Å². The standard InChI is InChI=1S/C14H21N3O/c1-2-10(1)8-17(13-5-6-13)14-16-12(9-18-14)7-15-11-3-4-11/h9-11,13,15H,1-8H2. The van der Waals surface area contributed by atoms with Crippen molar-refractivity contribution in [3.8, 4) is 0 Å². The SMILES string of the molecule is c1oc(N(CC2CC2)C2CC2)nc1CNC1CC1. The maximum Gasteiger partial charge on any atom is 0.297 e. The topological polar surface area (TPSA) is 41.3 Å². The lowest BCUT2D eigenvalue weighted by Gasteiger charge is -2.19. The molecular formula is C14H21N3O. The van der Waals surface area contributed by atoms with Gasteiger partial charge in [-0.2, -0.15) is 4.98 Å². The highest BCUT2D eigenvalue weighted by molar-refractivity contribution is 5.32. The van der Waals surface area contributed by atoms with Gasteiger partial charge in [-0.05, 0) is 44.4 Å². The monoisotopic (exact) mass is 247 g/mol. The summed E-state index contributed by atoms with van der Waals surface area (Å²) in [6.45, 7) is 2.01. The molecule has 0 radical (unpaired) electrons. The van der Waals surface area contributed by atoms with E-state index >= 15 is 0 Å². The van der Waals surface area contributed by atoms with Crippen molar-refractivity contribution in [1.82, 2.24) is 10.3 Å². The quantitative estimate of drug-likeness (QED) is 0.802. The molecule has 3 aliphatic rings. The molecule has 1 aromatic rings. The molecule has 98 valence electrons. The summed E-state index contributed by atoms with van der Waals surface area (Å²) in [7, 11) is 0. The largest absolute Gasteiger partial charge is 0.432 e. The van der Waals surface area contributed by atoms with Gasteiger partial charge in [-0.1, -0.05) is 0 Å². The summed E-state index contributed by atoms with van der Waals surface area (Å²) in [5.41, 5.74) is 1.05. The van der Waals surface area contributed by atoms with Gasteiger partial charge in [-0.15, -0.1) is 0 Å². The van der Waals surface area contributed by atoms with Crippen molar-refractivity contribution in [1.29, 1.82) is 0 Å². The Morgan fingerprint density at radius 1 is 1.22 bits per heavy atom. The van der Waals surface area contributed by atoms with Gasteiger partial charge < -0.3 is 14.6 Å². The van der Waals surface area contributed by atoms with E-state index in [0.717, 1.165) is 36.8 Å². The first-order valence-electron chi connectivity index (χ1n) is 7.33. The number of nitrogens with zero attached hydrogens (tertiary/aromatic N) is 2. The number of hydrogen-bond donors (Lipinski definition) is 1. The van der Waals surface area contributed by atoms with Gasteiger partial charge in [0.1, 0.15) is 6.26 Å². The number of rotatable bonds is 7. The predicted octanol–water partition coefficient (Wildman–Crippen LogP) is 2.31. The molecule has 3 fully saturated rings. The molecule has 1 heterocycles. The van der Waals surface area contributed by atoms with Gasteiger partial charge in [0.05, 0.1) is 5.69 Å². The third kappa shape index (κ3) is 2.53. The maximum absolute atomic E-state index is 5.68. The second kappa shape index (κ2) is 4.26. The van der Waals surface area contributed by atoms with Crippen LogP contribution in [-0.4, -0.2) is 23.6 Å². The molecule has 0 saturated heterocycles. The van der Waals surface area contributed by atoms with E-state index in [1.807, 2.05) is 6.26 Å². The summed E-state index contributed by atoms with van der Waals surface area (Å²) in [5, 5.41) is 3.48. The van der Waals surface area contributed by atoms with Gasteiger partial charge in [-0.25, -0.2) is 0 Å². The fourth-order valence-corrected chi connectivity index (χ4v) is 2.39. The van der Waals surface area contributed by atoms with Gasteiger partial charge in [0, 0.05) is 25.2 Å². The van der Waals surface area contributed by atoms with Crippen LogP contribution in [0.5, 0.6) is 0 Å². The van der Waals surface area contributed by atoms with Crippen molar-refractivity contribution in [3.63, 3.8) is 0 Å². The molecule has 0 aliphatic heterocycles. The molecular weight excluding hydrogens is 226 g/mol. The summed E-state index contributed by atoms with van der Waals surface area (Å²) in [6.07, 6.45) is 9.86. The molecule has 3 saturated carbocycles. The molecule has 1 N–H and O–H groups in total. The van der Waals surface area contributed by atoms with Crippen LogP contribution >= 0.6 is 0 Å². The molecule has 1 aromatic heterocycles. The van der Waals surface area contributed by atoms with Gasteiger partial charge in [0.2, 0.25) is 0 Å². The Kier molecular flexibility index (Phi) is 2.57. The zero-order valence-electron chi connectivity index (χ0n) is 10.8. The third-order valence-electron chi connectivity index (χ3n) is 4.07. The maximum atomic E-state index is 5.68. The predicted molar refractivity (Wildman–Crippen MR) is 69.5 cm³/mol. The van der Waals surface area contributed by atoms with Crippen LogP contribution in [0.2, 0.25) is 0 Å². The normalized spacial score (nSPS) is 23.3. The highest BCUT2D eigenvalue weighted by Crippen LogP contribution is 2.37. The smallest absolute Gasteiger partial charge is 0.297 e. The molecule has 0 amide bonds. The van der Waals surface area contributed by atoms with Crippen LogP contribution in [0, 0.1) is 5.92 Å². The lowest BCUT2D eigenvalue weighted by Crippen LogP contribution is -2.28. The molecule has 0 unspecified atom stereocenters. The highest BCUT2D eigenvalue weighted by Gasteiger charge is 2.36. The molecule has 3 aliphatic carbocycles. The zero-order valence-corrected chi connectivity index (χ0v) is 10.8. The Hall–Kier alpha value is -1.03. The molecule has 0 bridgehead atoms. The van der Waals surface area contributed by atoms with Gasteiger partial charge in [0.15, 0.2) is 0 Å². The molecule has 0 atom stereocenters. The minimum Gasteiger partial charge on any atom is -0.432 e. The van der Waals surface area contributed by atoms with Crippen LogP contribution < -0.4 is 10.2 Å². The van der Waals surface area contributed by atoms with Crippen molar-refractivity contribution < 1.29 is 4.42 Å². The lowest BCUT2D eigenvalue weighted by atomic mass is 10.4. The second-order valence-electron chi connectivity index (χ2n) is 6.10. The second-order valence-corrected chi connectivity index (χ2v) is 6.10. The van der Waals surface area contributed by atoms with E-state index in [9.17, 15) is 0 Å². The van der Waals surface area contributed by atoms with E-state index in [2.05, 4.69) is 15.2 Å². The summed E-state index contributed by atoms with van der Waals surface area (Å²) < 4.78 is 5.68. The van der Waals surface area contributed by atoms with Gasteiger partial charge >= 0.3 is 0 Å². The van der Waals surface area contributed by atoms with Crippen molar-refractivity contribution in [2.24, 2.45) is 5.92 Å². The van der Waals surface area contributed by atoms with Crippen LogP contribution in [0.1, 0.15) is 44.2 Å². The Balaban J connectivity index is 1.40. The fourth-order valence-electron chi connectivity index (χ4n) is 2.39. The number of aromatic nitrogens is 1. The van der Waals surface area contributed by atoms with Crippen LogP contribution in [0.25, 0.3) is 0 Å². The molecule has 18 heavy (non-hydrogen) atoms. The van der Waals surface area contributed by atoms with Crippen LogP contribution in [0.3, 0.4) is 0 Å². The minimum absolute atomic E-state index is 0.702. The van der Waals surface area contributed by atoms with E-state index < -0.39 is 0 Å². The van der Waals surface area contributed by atoms with Crippen LogP contribution in [0.4, 0.5) is 6.01 Å². The molecule has 0 aromatic carbocycles. The van der Waals surface area contributed by atoms with Crippen LogP contribution in [-0.2, 0) is 6.54 Å². The number of nitrogens with one attached hydrogen (secondary N) is 1. The lowest BCUT2D eigenvalue weighted by molar-refractivity contribution is 0.522. The zero-order chi connectivity index (χ0) is 11.9. The Labute approximate surface area is 108 Å². The van der Waals surface area contributed by atoms with Crippen molar-refractivity contribution in [2.45, 2.75) is 57.2 Å². The average Bonchev–Trinajstić information content (AvgIpc) is 3.21. The minimum atomic E-state index is 0.702. The first-order valence-corrected chi connectivity index (χ1v) is 7.33. The highest BCUT2D eigenvalue weighted by atomic mass is 16.4. The van der Waals surface area contributed by atoms with Crippen LogP contribution in [0.15, 0.2) is 10.7 Å². The number of anilines is 1. The molecule has 4 rings (SSSR count). The summed E-state index contributed by atoms with van der Waals surface area (Å²) in [6, 6.07) is 2.29. The van der Waals surface area contributed by atoms with Crippen molar-refractivity contribution in [3.05, 3.63) is 12.0 Å². The number of hydrogen-bond acceptors (Lipinski definition) is 4. The van der Waals surface area contributed by atoms with E-state index in [1.54, 1.807) is 0 Å². The summed E-state index contributed by atoms with van der Waals surface area (Å²) in [4.78, 5) is 7.05. The first-order chi connectivity index (χ1) is 8.88. The number of oxazole rings is 1. The fraction of sp³-hybridized carbons (Fsp3) is 0.786. The van der Waals surface area contributed by atoms with Crippen molar-refractivity contribution in [2.75, 3.05) is 11.4 Å². The Morgan fingerprint density at radius 3 is 2.72 bits per heavy atom. The first kappa shape index (κ1) is 10.9. The molecule has 4 heteroatoms.